The number of carbonyl (C=O) groups is 3. The van der Waals surface area contributed by atoms with Crippen molar-refractivity contribution in [3.05, 3.63) is 45.2 Å². The largest absolute Gasteiger partial charge is 0.414 e. The molecule has 1 aliphatic carbocycles. The third kappa shape index (κ3) is 4.99. The molecule has 1 saturated carbocycles. The first-order chi connectivity index (χ1) is 15.4. The predicted octanol–water partition coefficient (Wildman–Crippen LogP) is 5.09. The van der Waals surface area contributed by atoms with E-state index in [1.54, 1.807) is 24.3 Å². The van der Waals surface area contributed by atoms with E-state index in [9.17, 15) is 14.4 Å². The number of nitrogens with zero attached hydrogens (tertiary/aromatic N) is 1. The van der Waals surface area contributed by atoms with Crippen LogP contribution in [0.15, 0.2) is 34.1 Å². The lowest BCUT2D eigenvalue weighted by Gasteiger charge is -2.28. The molecule has 0 bridgehead atoms. The van der Waals surface area contributed by atoms with Gasteiger partial charge >= 0.3 is 6.09 Å². The van der Waals surface area contributed by atoms with E-state index in [1.807, 2.05) is 17.9 Å². The average Bonchev–Trinajstić information content (AvgIpc) is 3.51. The molecule has 4 rings (SSSR count). The second-order valence-electron chi connectivity index (χ2n) is 8.35. The molecule has 3 amide bonds. The van der Waals surface area contributed by atoms with Crippen LogP contribution in [0.25, 0.3) is 0 Å². The number of nitrogens with one attached hydrogen (secondary N) is 2. The van der Waals surface area contributed by atoms with Crippen LogP contribution in [0, 0.1) is 6.92 Å². The van der Waals surface area contributed by atoms with Crippen LogP contribution in [-0.4, -0.2) is 41.4 Å². The topological polar surface area (TPSA) is 87.7 Å². The fourth-order valence-corrected chi connectivity index (χ4v) is 5.57. The Morgan fingerprint density at radius 1 is 1.06 bits per heavy atom. The highest BCUT2D eigenvalue weighted by Gasteiger charge is 2.43. The second-order valence-corrected chi connectivity index (χ2v) is 10.8. The molecular weight excluding hydrogens is 494 g/mol. The molecule has 2 N–H and O–H groups in total. The number of hydrogen-bond donors (Lipinski definition) is 2. The summed E-state index contributed by atoms with van der Waals surface area (Å²) in [6.45, 7) is 3.46. The maximum absolute atomic E-state index is 13.2. The maximum atomic E-state index is 13.2. The Morgan fingerprint density at radius 2 is 1.78 bits per heavy atom. The first-order valence-corrected chi connectivity index (χ1v) is 12.4. The normalized spacial score (nSPS) is 17.2. The van der Waals surface area contributed by atoms with Crippen LogP contribution in [-0.2, 0) is 4.79 Å². The van der Waals surface area contributed by atoms with Crippen molar-refractivity contribution >= 4 is 50.9 Å². The third-order valence-corrected chi connectivity index (χ3v) is 7.58. The number of thiophene rings is 1. The van der Waals surface area contributed by atoms with Gasteiger partial charge in [0.25, 0.3) is 5.91 Å². The Bertz CT molecular complexity index is 1030. The molecule has 170 valence electrons. The SMILES string of the molecule is Cc1cc(NC(=O)C2(NC(=O)Oc3ccc(Br)s3)CCCC2)ccc1C(=O)N1CCCC1. The number of hydrogen-bond acceptors (Lipinski definition) is 5. The monoisotopic (exact) mass is 519 g/mol. The lowest BCUT2D eigenvalue weighted by Crippen LogP contribution is -2.55. The minimum Gasteiger partial charge on any atom is -0.399 e. The molecule has 7 nitrogen and oxygen atoms in total. The molecule has 9 heteroatoms. The Balaban J connectivity index is 1.44. The highest BCUT2D eigenvalue weighted by atomic mass is 79.9. The molecule has 0 radical (unpaired) electrons. The first-order valence-electron chi connectivity index (χ1n) is 10.8. The van der Waals surface area contributed by atoms with Crippen LogP contribution < -0.4 is 15.4 Å². The van der Waals surface area contributed by atoms with Gasteiger partial charge in [-0.3, -0.25) is 9.59 Å². The van der Waals surface area contributed by atoms with Gasteiger partial charge in [0.1, 0.15) is 5.54 Å². The average molecular weight is 520 g/mol. The van der Waals surface area contributed by atoms with Gasteiger partial charge in [-0.2, -0.15) is 0 Å². The Kier molecular flexibility index (Phi) is 6.85. The van der Waals surface area contributed by atoms with Crippen molar-refractivity contribution in [3.63, 3.8) is 0 Å². The zero-order valence-electron chi connectivity index (χ0n) is 17.9. The molecule has 0 unspecified atom stereocenters. The minimum absolute atomic E-state index is 0.0368. The number of benzene rings is 1. The van der Waals surface area contributed by atoms with Crippen molar-refractivity contribution in [3.8, 4) is 5.06 Å². The molecule has 2 aromatic rings. The minimum atomic E-state index is -1.01. The van der Waals surface area contributed by atoms with Crippen LogP contribution in [0.5, 0.6) is 5.06 Å². The van der Waals surface area contributed by atoms with Crippen LogP contribution in [0.3, 0.4) is 0 Å². The molecule has 1 aromatic carbocycles. The van der Waals surface area contributed by atoms with Gasteiger partial charge in [-0.1, -0.05) is 24.2 Å². The Hall–Kier alpha value is -2.39. The lowest BCUT2D eigenvalue weighted by molar-refractivity contribution is -0.122. The number of anilines is 1. The van der Waals surface area contributed by atoms with Crippen LogP contribution in [0.4, 0.5) is 10.5 Å². The molecule has 1 aliphatic heterocycles. The van der Waals surface area contributed by atoms with Gasteiger partial charge in [-0.15, -0.1) is 0 Å². The third-order valence-electron chi connectivity index (χ3n) is 6.08. The molecule has 2 heterocycles. The van der Waals surface area contributed by atoms with E-state index in [0.29, 0.717) is 29.2 Å². The summed E-state index contributed by atoms with van der Waals surface area (Å²) in [5.41, 5.74) is 1.07. The van der Waals surface area contributed by atoms with Gasteiger partial charge in [-0.05, 0) is 84.4 Å². The van der Waals surface area contributed by atoms with Crippen molar-refractivity contribution in [2.45, 2.75) is 51.0 Å². The van der Waals surface area contributed by atoms with Crippen molar-refractivity contribution in [1.82, 2.24) is 10.2 Å². The van der Waals surface area contributed by atoms with Crippen LogP contribution in [0.1, 0.15) is 54.4 Å². The number of amides is 3. The number of aryl methyl sites for hydroxylation is 1. The zero-order chi connectivity index (χ0) is 22.7. The van der Waals surface area contributed by atoms with Gasteiger partial charge in [0.05, 0.1) is 3.79 Å². The molecule has 0 atom stereocenters. The highest BCUT2D eigenvalue weighted by Crippen LogP contribution is 2.33. The summed E-state index contributed by atoms with van der Waals surface area (Å²) in [5, 5.41) is 6.20. The second kappa shape index (κ2) is 9.62. The molecule has 1 aromatic heterocycles. The van der Waals surface area contributed by atoms with Gasteiger partial charge in [0.2, 0.25) is 5.91 Å². The van der Waals surface area contributed by atoms with Gasteiger partial charge < -0.3 is 20.3 Å². The lowest BCUT2D eigenvalue weighted by atomic mass is 9.96. The molecule has 0 spiro atoms. The molecule has 2 aliphatic rings. The molecular formula is C23H26BrN3O4S. The summed E-state index contributed by atoms with van der Waals surface area (Å²) in [6.07, 6.45) is 4.24. The summed E-state index contributed by atoms with van der Waals surface area (Å²) in [6, 6.07) is 8.82. The van der Waals surface area contributed by atoms with Crippen molar-refractivity contribution in [2.75, 3.05) is 18.4 Å². The van der Waals surface area contributed by atoms with E-state index < -0.39 is 11.6 Å². The van der Waals surface area contributed by atoms with Crippen molar-refractivity contribution in [1.29, 1.82) is 0 Å². The first kappa shape index (κ1) is 22.8. The fraction of sp³-hybridized carbons (Fsp3) is 0.435. The van der Waals surface area contributed by atoms with E-state index in [-0.39, 0.29) is 11.8 Å². The molecule has 32 heavy (non-hydrogen) atoms. The van der Waals surface area contributed by atoms with E-state index >= 15 is 0 Å². The van der Waals surface area contributed by atoms with Crippen LogP contribution >= 0.6 is 27.3 Å². The van der Waals surface area contributed by atoms with Crippen LogP contribution in [0.2, 0.25) is 0 Å². The van der Waals surface area contributed by atoms with Gasteiger partial charge in [-0.25, -0.2) is 4.79 Å². The number of halogens is 1. The smallest absolute Gasteiger partial charge is 0.399 e. The van der Waals surface area contributed by atoms with Crippen molar-refractivity contribution in [2.24, 2.45) is 0 Å². The number of carbonyl (C=O) groups excluding carboxylic acids is 3. The zero-order valence-corrected chi connectivity index (χ0v) is 20.3. The van der Waals surface area contributed by atoms with E-state index in [4.69, 9.17) is 4.74 Å². The Labute approximate surface area is 199 Å². The summed E-state index contributed by atoms with van der Waals surface area (Å²) in [5.74, 6) is -0.230. The quantitative estimate of drug-likeness (QED) is 0.575. The Morgan fingerprint density at radius 3 is 2.41 bits per heavy atom. The number of likely N-dealkylation sites (tertiary alicyclic amines) is 1. The fourth-order valence-electron chi connectivity index (χ4n) is 4.37. The summed E-state index contributed by atoms with van der Waals surface area (Å²) in [7, 11) is 0. The summed E-state index contributed by atoms with van der Waals surface area (Å²) < 4.78 is 6.21. The number of ether oxygens (including phenoxy) is 1. The summed E-state index contributed by atoms with van der Waals surface area (Å²) in [4.78, 5) is 40.3. The van der Waals surface area contributed by atoms with Crippen molar-refractivity contribution < 1.29 is 19.1 Å². The standard InChI is InChI=1S/C23H26BrN3O4S/c1-15-14-16(6-7-17(15)20(28)27-12-4-5-13-27)25-21(29)23(10-2-3-11-23)26-22(30)31-19-9-8-18(24)32-19/h6-9,14H,2-5,10-13H2,1H3,(H,25,29)(H,26,30). The molecule has 1 saturated heterocycles. The maximum Gasteiger partial charge on any atom is 0.414 e. The highest BCUT2D eigenvalue weighted by molar-refractivity contribution is 9.11. The van der Waals surface area contributed by atoms with E-state index in [2.05, 4.69) is 26.6 Å². The summed E-state index contributed by atoms with van der Waals surface area (Å²) >= 11 is 4.64. The molecule has 2 fully saturated rings. The number of rotatable bonds is 5. The van der Waals surface area contributed by atoms with Gasteiger partial charge in [0.15, 0.2) is 5.06 Å². The van der Waals surface area contributed by atoms with E-state index in [1.165, 1.54) is 11.3 Å². The van der Waals surface area contributed by atoms with E-state index in [0.717, 1.165) is 48.1 Å². The van der Waals surface area contributed by atoms with Gasteiger partial charge in [0, 0.05) is 24.3 Å². The predicted molar refractivity (Wildman–Crippen MR) is 127 cm³/mol.